The Labute approximate surface area is 257 Å². The van der Waals surface area contributed by atoms with Crippen molar-refractivity contribution in [2.75, 3.05) is 54.0 Å². The number of ether oxygens (including phenoxy) is 1. The zero-order valence-corrected chi connectivity index (χ0v) is 25.0. The summed E-state index contributed by atoms with van der Waals surface area (Å²) in [6, 6.07) is 32.4. The van der Waals surface area contributed by atoms with Crippen molar-refractivity contribution < 1.29 is 14.4 Å². The number of morpholine rings is 1. The highest BCUT2D eigenvalue weighted by molar-refractivity contribution is 5.90. The van der Waals surface area contributed by atoms with Gasteiger partial charge in [-0.2, -0.15) is 0 Å². The Morgan fingerprint density at radius 1 is 0.682 bits per heavy atom. The molecule has 1 aromatic heterocycles. The topological polar surface area (TPSA) is 76.0 Å². The molecule has 0 aliphatic carbocycles. The largest absolute Gasteiger partial charge is 0.372 e. The first-order chi connectivity index (χ1) is 21.5. The lowest BCUT2D eigenvalue weighted by atomic mass is 10.0. The number of carbonyl (C=O) groups is 1. The fourth-order valence-corrected chi connectivity index (χ4v) is 6.20. The van der Waals surface area contributed by atoms with Gasteiger partial charge < -0.3 is 24.3 Å². The second kappa shape index (κ2) is 12.0. The summed E-state index contributed by atoms with van der Waals surface area (Å²) in [5, 5.41) is 7.95. The van der Waals surface area contributed by atoms with Gasteiger partial charge in [0.15, 0.2) is 0 Å². The Balaban J connectivity index is 0.936. The zero-order chi connectivity index (χ0) is 30.0. The number of carbonyl (C=O) groups excluding carboxylic acids is 1. The van der Waals surface area contributed by atoms with E-state index in [0.29, 0.717) is 16.6 Å². The van der Waals surface area contributed by atoms with Gasteiger partial charge >= 0.3 is 5.97 Å². The van der Waals surface area contributed by atoms with Crippen molar-refractivity contribution in [2.45, 2.75) is 26.1 Å². The molecule has 0 spiro atoms. The van der Waals surface area contributed by atoms with Crippen LogP contribution in [0.15, 0.2) is 97.1 Å². The second-order valence-corrected chi connectivity index (χ2v) is 11.6. The van der Waals surface area contributed by atoms with Crippen molar-refractivity contribution in [3.8, 4) is 11.1 Å². The molecule has 2 aliphatic rings. The van der Waals surface area contributed by atoms with Crippen LogP contribution in [0.4, 0.5) is 17.1 Å². The molecular weight excluding hydrogens is 552 g/mol. The summed E-state index contributed by atoms with van der Waals surface area (Å²) in [6.45, 7) is 10.1. The predicted molar refractivity (Wildman–Crippen MR) is 173 cm³/mol. The van der Waals surface area contributed by atoms with Crippen LogP contribution >= 0.6 is 0 Å². The minimum Gasteiger partial charge on any atom is -0.372 e. The molecule has 0 radical (unpaired) electrons. The summed E-state index contributed by atoms with van der Waals surface area (Å²) >= 11 is 0. The van der Waals surface area contributed by atoms with E-state index in [1.165, 1.54) is 17.1 Å². The lowest BCUT2D eigenvalue weighted by Crippen LogP contribution is -2.46. The van der Waals surface area contributed by atoms with Crippen molar-refractivity contribution in [1.29, 1.82) is 0 Å². The van der Waals surface area contributed by atoms with Crippen molar-refractivity contribution in [3.05, 3.63) is 103 Å². The van der Waals surface area contributed by atoms with Crippen molar-refractivity contribution >= 4 is 34.1 Å². The van der Waals surface area contributed by atoms with E-state index >= 15 is 0 Å². The van der Waals surface area contributed by atoms with Gasteiger partial charge in [-0.25, -0.2) is 4.79 Å². The molecule has 2 fully saturated rings. The molecule has 2 saturated heterocycles. The Bertz CT molecular complexity index is 1720. The van der Waals surface area contributed by atoms with Crippen LogP contribution in [0.2, 0.25) is 0 Å². The molecule has 9 nitrogen and oxygen atoms in total. The number of rotatable bonds is 6. The van der Waals surface area contributed by atoms with Gasteiger partial charge in [-0.3, -0.25) is 0 Å². The van der Waals surface area contributed by atoms with Crippen LogP contribution in [0.3, 0.4) is 0 Å². The number of piperazine rings is 1. The molecule has 0 amide bonds. The molecule has 0 bridgehead atoms. The van der Waals surface area contributed by atoms with Crippen LogP contribution in [0.25, 0.3) is 22.2 Å². The normalized spacial score (nSPS) is 18.9. The number of fused-ring (bicyclic) bond motifs is 1. The van der Waals surface area contributed by atoms with Crippen LogP contribution in [-0.2, 0) is 4.74 Å². The molecule has 4 aromatic carbocycles. The first kappa shape index (κ1) is 27.9. The predicted octanol–water partition coefficient (Wildman–Crippen LogP) is 5.31. The van der Waals surface area contributed by atoms with Gasteiger partial charge in [0.2, 0.25) is 0 Å². The SMILES string of the molecule is C[C@@H]1CN(c2ccc(N3CCN(c4ccc(-c5ccc(C(=O)On6nnc7ccccc76)cc5)cc4)CC3)cc2)C[C@H](C)O1. The molecule has 0 unspecified atom stereocenters. The van der Waals surface area contributed by atoms with E-state index in [0.717, 1.165) is 55.2 Å². The van der Waals surface area contributed by atoms with E-state index in [-0.39, 0.29) is 12.2 Å². The highest BCUT2D eigenvalue weighted by atomic mass is 16.7. The highest BCUT2D eigenvalue weighted by Crippen LogP contribution is 2.27. The number of anilines is 3. The molecule has 2 aliphatic heterocycles. The highest BCUT2D eigenvalue weighted by Gasteiger charge is 2.23. The minimum atomic E-state index is -0.487. The van der Waals surface area contributed by atoms with Gasteiger partial charge in [0.25, 0.3) is 0 Å². The third-order valence-electron chi connectivity index (χ3n) is 8.46. The maximum atomic E-state index is 12.7. The number of benzene rings is 4. The summed E-state index contributed by atoms with van der Waals surface area (Å²) in [5.41, 5.74) is 7.65. The molecule has 9 heteroatoms. The standard InChI is InChI=1S/C35H36N6O3/c1-25-23-40(24-26(2)43-25)32-17-15-31(16-18-32)39-21-19-38(20-22-39)30-13-11-28(12-14-30)27-7-9-29(10-8-27)35(42)44-41-34-6-4-3-5-33(34)36-37-41/h3-18,25-26H,19-24H2,1-2H3/t25-,26+. The summed E-state index contributed by atoms with van der Waals surface area (Å²) in [4.78, 5) is 26.7. The summed E-state index contributed by atoms with van der Waals surface area (Å²) in [5.74, 6) is -0.487. The Hall–Kier alpha value is -4.89. The van der Waals surface area contributed by atoms with Gasteiger partial charge in [0.05, 0.1) is 17.8 Å². The van der Waals surface area contributed by atoms with Gasteiger partial charge in [0, 0.05) is 56.3 Å². The molecule has 5 aromatic rings. The van der Waals surface area contributed by atoms with Crippen LogP contribution in [0.1, 0.15) is 24.2 Å². The van der Waals surface area contributed by atoms with Crippen LogP contribution < -0.4 is 19.5 Å². The lowest BCUT2D eigenvalue weighted by Gasteiger charge is -2.38. The average molecular weight is 589 g/mol. The summed E-state index contributed by atoms with van der Waals surface area (Å²) in [7, 11) is 0. The minimum absolute atomic E-state index is 0.255. The van der Waals surface area contributed by atoms with Crippen LogP contribution in [0.5, 0.6) is 0 Å². The average Bonchev–Trinajstić information content (AvgIpc) is 3.47. The number of nitrogens with zero attached hydrogens (tertiary/aromatic N) is 6. The number of para-hydroxylation sites is 1. The lowest BCUT2D eigenvalue weighted by molar-refractivity contribution is -0.00522. The smallest absolute Gasteiger partial charge is 0.365 e. The van der Waals surface area contributed by atoms with Crippen molar-refractivity contribution in [1.82, 2.24) is 15.2 Å². The summed E-state index contributed by atoms with van der Waals surface area (Å²) in [6.07, 6.45) is 0.510. The fraction of sp³-hybridized carbons (Fsp3) is 0.286. The van der Waals surface area contributed by atoms with E-state index in [2.05, 4.69) is 87.4 Å². The monoisotopic (exact) mass is 588 g/mol. The first-order valence-electron chi connectivity index (χ1n) is 15.2. The molecule has 0 saturated carbocycles. The molecule has 224 valence electrons. The van der Waals surface area contributed by atoms with Gasteiger partial charge in [-0.05, 0) is 90.9 Å². The van der Waals surface area contributed by atoms with E-state index in [9.17, 15) is 4.79 Å². The molecule has 7 rings (SSSR count). The van der Waals surface area contributed by atoms with E-state index in [4.69, 9.17) is 9.57 Å². The fourth-order valence-electron chi connectivity index (χ4n) is 6.20. The number of aromatic nitrogens is 3. The molecule has 44 heavy (non-hydrogen) atoms. The zero-order valence-electron chi connectivity index (χ0n) is 25.0. The Morgan fingerprint density at radius 2 is 1.18 bits per heavy atom. The first-order valence-corrected chi connectivity index (χ1v) is 15.2. The Kier molecular flexibility index (Phi) is 7.62. The maximum absolute atomic E-state index is 12.7. The van der Waals surface area contributed by atoms with Crippen molar-refractivity contribution in [2.24, 2.45) is 0 Å². The van der Waals surface area contributed by atoms with Gasteiger partial charge in [-0.1, -0.05) is 41.2 Å². The third kappa shape index (κ3) is 5.83. The molecule has 0 N–H and O–H groups in total. The molecular formula is C35H36N6O3. The van der Waals surface area contributed by atoms with Crippen LogP contribution in [0, 0.1) is 0 Å². The quantitative estimate of drug-likeness (QED) is 0.247. The number of hydrogen-bond donors (Lipinski definition) is 0. The number of hydrogen-bond acceptors (Lipinski definition) is 8. The Morgan fingerprint density at radius 3 is 1.77 bits per heavy atom. The maximum Gasteiger partial charge on any atom is 0.365 e. The van der Waals surface area contributed by atoms with E-state index in [1.54, 1.807) is 18.2 Å². The molecule has 2 atom stereocenters. The van der Waals surface area contributed by atoms with Crippen molar-refractivity contribution in [3.63, 3.8) is 0 Å². The van der Waals surface area contributed by atoms with Gasteiger partial charge in [-0.15, -0.1) is 5.10 Å². The van der Waals surface area contributed by atoms with Crippen LogP contribution in [-0.4, -0.2) is 72.6 Å². The van der Waals surface area contributed by atoms with E-state index < -0.39 is 5.97 Å². The van der Waals surface area contributed by atoms with E-state index in [1.807, 2.05) is 30.3 Å². The van der Waals surface area contributed by atoms with Gasteiger partial charge in [0.1, 0.15) is 11.0 Å². The second-order valence-electron chi connectivity index (χ2n) is 11.6. The summed E-state index contributed by atoms with van der Waals surface area (Å²) < 4.78 is 5.89. The molecule has 3 heterocycles. The third-order valence-corrected chi connectivity index (χ3v) is 8.46.